The van der Waals surface area contributed by atoms with Crippen molar-refractivity contribution in [1.82, 2.24) is 4.98 Å². The van der Waals surface area contributed by atoms with Crippen LogP contribution >= 0.6 is 0 Å². The van der Waals surface area contributed by atoms with Gasteiger partial charge in [-0.1, -0.05) is 19.1 Å². The Labute approximate surface area is 190 Å². The Morgan fingerprint density at radius 1 is 1.28 bits per heavy atom. The van der Waals surface area contributed by atoms with E-state index in [0.29, 0.717) is 18.2 Å². The first kappa shape index (κ1) is 23.7. The zero-order chi connectivity index (χ0) is 22.9. The number of hydrogen-bond donors (Lipinski definition) is 1. The Kier molecular flexibility index (Phi) is 8.56. The molecule has 6 heteroatoms. The molecule has 1 fully saturated rings. The summed E-state index contributed by atoms with van der Waals surface area (Å²) >= 11 is 0. The molecule has 1 aliphatic rings. The predicted molar refractivity (Wildman–Crippen MR) is 130 cm³/mol. The molecule has 1 aliphatic heterocycles. The van der Waals surface area contributed by atoms with E-state index in [1.54, 1.807) is 13.3 Å². The number of carbonyl (C=O) groups is 1. The van der Waals surface area contributed by atoms with E-state index in [4.69, 9.17) is 14.5 Å². The van der Waals surface area contributed by atoms with Gasteiger partial charge >= 0.3 is 0 Å². The fourth-order valence-corrected chi connectivity index (χ4v) is 3.88. The van der Waals surface area contributed by atoms with Crippen molar-refractivity contribution < 1.29 is 14.3 Å². The lowest BCUT2D eigenvalue weighted by atomic mass is 9.92. The molecule has 0 bridgehead atoms. The maximum Gasteiger partial charge on any atom is 0.228 e. The number of nitrogens with one attached hydrogen (secondary N) is 1. The van der Waals surface area contributed by atoms with Gasteiger partial charge in [0.1, 0.15) is 0 Å². The molecule has 2 heterocycles. The zero-order valence-electron chi connectivity index (χ0n) is 19.5. The number of amides is 1. The molecule has 3 rings (SSSR count). The molecule has 1 aromatic carbocycles. The third kappa shape index (κ3) is 6.26. The first-order chi connectivity index (χ1) is 15.5. The molecule has 0 unspecified atom stereocenters. The van der Waals surface area contributed by atoms with Crippen molar-refractivity contribution in [2.75, 3.05) is 25.6 Å². The third-order valence-corrected chi connectivity index (χ3v) is 5.68. The number of aromatic nitrogens is 1. The van der Waals surface area contributed by atoms with E-state index in [1.807, 2.05) is 44.2 Å². The average Bonchev–Trinajstić information content (AvgIpc) is 2.83. The molecular weight excluding hydrogens is 402 g/mol. The van der Waals surface area contributed by atoms with Gasteiger partial charge in [0.2, 0.25) is 11.8 Å². The minimum Gasteiger partial charge on any atom is -0.481 e. The normalized spacial score (nSPS) is 15.2. The summed E-state index contributed by atoms with van der Waals surface area (Å²) in [4.78, 5) is 21.5. The third-order valence-electron chi connectivity index (χ3n) is 5.68. The average molecular weight is 436 g/mol. The van der Waals surface area contributed by atoms with E-state index < -0.39 is 0 Å². The van der Waals surface area contributed by atoms with E-state index in [0.717, 1.165) is 66.2 Å². The van der Waals surface area contributed by atoms with Crippen molar-refractivity contribution >= 4 is 17.8 Å². The molecule has 0 radical (unpaired) electrons. The first-order valence-electron chi connectivity index (χ1n) is 11.3. The van der Waals surface area contributed by atoms with Gasteiger partial charge in [0.15, 0.2) is 0 Å². The van der Waals surface area contributed by atoms with Crippen molar-refractivity contribution in [2.45, 2.75) is 52.4 Å². The summed E-state index contributed by atoms with van der Waals surface area (Å²) in [7, 11) is 1.64. The summed E-state index contributed by atoms with van der Waals surface area (Å²) in [6, 6.07) is 10.1. The molecule has 0 spiro atoms. The van der Waals surface area contributed by atoms with E-state index in [1.165, 1.54) is 0 Å². The maximum atomic E-state index is 12.5. The molecule has 6 nitrogen and oxygen atoms in total. The topological polar surface area (TPSA) is 72.8 Å². The summed E-state index contributed by atoms with van der Waals surface area (Å²) in [5.74, 6) is 0.907. The van der Waals surface area contributed by atoms with Crippen LogP contribution in [0, 0.1) is 6.92 Å². The number of methoxy groups -OCH3 is 1. The number of pyridine rings is 1. The minimum atomic E-state index is -0.0627. The van der Waals surface area contributed by atoms with Crippen LogP contribution < -0.4 is 10.1 Å². The molecule has 1 amide bonds. The van der Waals surface area contributed by atoms with Crippen LogP contribution in [0.4, 0.5) is 5.69 Å². The quantitative estimate of drug-likeness (QED) is 0.542. The van der Waals surface area contributed by atoms with Crippen LogP contribution in [0.5, 0.6) is 5.88 Å². The monoisotopic (exact) mass is 435 g/mol. The van der Waals surface area contributed by atoms with Gasteiger partial charge in [0.25, 0.3) is 0 Å². The fraction of sp³-hybridized carbons (Fsp3) is 0.423. The Morgan fingerprint density at radius 3 is 2.75 bits per heavy atom. The van der Waals surface area contributed by atoms with Crippen LogP contribution in [0.25, 0.3) is 11.1 Å². The number of rotatable bonds is 8. The summed E-state index contributed by atoms with van der Waals surface area (Å²) < 4.78 is 11.0. The van der Waals surface area contributed by atoms with Crippen molar-refractivity contribution in [3.63, 3.8) is 0 Å². The second-order valence-corrected chi connectivity index (χ2v) is 7.93. The molecule has 0 aliphatic carbocycles. The molecular formula is C26H33N3O3. The highest BCUT2D eigenvalue weighted by molar-refractivity contribution is 5.92. The van der Waals surface area contributed by atoms with Crippen molar-refractivity contribution in [3.05, 3.63) is 53.4 Å². The van der Waals surface area contributed by atoms with E-state index >= 15 is 0 Å². The molecule has 1 saturated heterocycles. The maximum absolute atomic E-state index is 12.5. The van der Waals surface area contributed by atoms with Gasteiger partial charge in [-0.2, -0.15) is 0 Å². The number of aliphatic imine (C=N–C) groups is 1. The molecule has 32 heavy (non-hydrogen) atoms. The number of carbonyl (C=O) groups excluding carboxylic acids is 1. The van der Waals surface area contributed by atoms with Gasteiger partial charge in [0.05, 0.1) is 7.11 Å². The molecule has 1 N–H and O–H groups in total. The van der Waals surface area contributed by atoms with E-state index in [9.17, 15) is 4.79 Å². The summed E-state index contributed by atoms with van der Waals surface area (Å²) in [6.07, 6.45) is 6.63. The largest absolute Gasteiger partial charge is 0.481 e. The van der Waals surface area contributed by atoms with Gasteiger partial charge in [-0.15, -0.1) is 0 Å². The lowest BCUT2D eigenvalue weighted by Gasteiger charge is -2.22. The van der Waals surface area contributed by atoms with Crippen molar-refractivity contribution in [3.8, 4) is 17.0 Å². The molecule has 0 saturated carbocycles. The van der Waals surface area contributed by atoms with Crippen LogP contribution in [-0.2, 0) is 9.53 Å². The molecule has 1 aromatic heterocycles. The Bertz CT molecular complexity index is 992. The number of ether oxygens (including phenoxy) is 2. The second kappa shape index (κ2) is 11.6. The van der Waals surface area contributed by atoms with Crippen LogP contribution in [0.3, 0.4) is 0 Å². The van der Waals surface area contributed by atoms with Crippen LogP contribution in [0.1, 0.15) is 56.7 Å². The van der Waals surface area contributed by atoms with Crippen molar-refractivity contribution in [1.29, 1.82) is 0 Å². The molecule has 2 aromatic rings. The van der Waals surface area contributed by atoms with Gasteiger partial charge in [-0.25, -0.2) is 4.98 Å². The van der Waals surface area contributed by atoms with Gasteiger partial charge in [-0.05, 0) is 68.0 Å². The van der Waals surface area contributed by atoms with Gasteiger partial charge < -0.3 is 14.8 Å². The van der Waals surface area contributed by atoms with E-state index in [2.05, 4.69) is 23.3 Å². The lowest BCUT2D eigenvalue weighted by molar-refractivity contribution is -0.115. The van der Waals surface area contributed by atoms with Crippen molar-refractivity contribution in [2.24, 2.45) is 4.99 Å². The Morgan fingerprint density at radius 2 is 2.06 bits per heavy atom. The zero-order valence-corrected chi connectivity index (χ0v) is 19.5. The fourth-order valence-electron chi connectivity index (χ4n) is 3.88. The highest BCUT2D eigenvalue weighted by Crippen LogP contribution is 2.33. The number of anilines is 1. The standard InChI is InChI=1S/C26H33N3O3/c1-5-21(27-6-2)9-10-25(30)28-22-8-7-18(3)23(17-22)20-15-24(29-26(16-20)31-4)19-11-13-32-14-12-19/h6-9,15-17,19H,5,10-14H2,1-4H3,(H,28,30)/b21-9-,27-6-. The highest BCUT2D eigenvalue weighted by Gasteiger charge is 2.19. The van der Waals surface area contributed by atoms with Crippen LogP contribution in [0.2, 0.25) is 0 Å². The number of nitrogens with zero attached hydrogens (tertiary/aromatic N) is 2. The van der Waals surface area contributed by atoms with Crippen LogP contribution in [-0.4, -0.2) is 37.4 Å². The predicted octanol–water partition coefficient (Wildman–Crippen LogP) is 5.67. The summed E-state index contributed by atoms with van der Waals surface area (Å²) in [5.41, 5.74) is 5.93. The SMILES string of the molecule is C/C=N\C(=C/CC(=O)Nc1ccc(C)c(-c2cc(OC)nc(C3CCOCC3)c2)c1)CC. The number of aryl methyl sites for hydroxylation is 1. The second-order valence-electron chi connectivity index (χ2n) is 7.93. The number of benzene rings is 1. The van der Waals surface area contributed by atoms with Gasteiger partial charge in [0, 0.05) is 54.9 Å². The van der Waals surface area contributed by atoms with E-state index in [-0.39, 0.29) is 5.91 Å². The van der Waals surface area contributed by atoms with Gasteiger partial charge in [-0.3, -0.25) is 9.79 Å². The Hall–Kier alpha value is -2.99. The van der Waals surface area contributed by atoms with Crippen LogP contribution in [0.15, 0.2) is 47.1 Å². The highest BCUT2D eigenvalue weighted by atomic mass is 16.5. The molecule has 0 atom stereocenters. The summed E-state index contributed by atoms with van der Waals surface area (Å²) in [5, 5.41) is 3.01. The first-order valence-corrected chi connectivity index (χ1v) is 11.3. The minimum absolute atomic E-state index is 0.0627. The lowest BCUT2D eigenvalue weighted by Crippen LogP contribution is -2.15. The smallest absolute Gasteiger partial charge is 0.228 e. The number of allylic oxidation sites excluding steroid dienone is 1. The number of hydrogen-bond acceptors (Lipinski definition) is 5. The summed E-state index contributed by atoms with van der Waals surface area (Å²) in [6.45, 7) is 7.49. The Balaban J connectivity index is 1.84. The molecule has 170 valence electrons.